The van der Waals surface area contributed by atoms with Gasteiger partial charge < -0.3 is 20.1 Å². The monoisotopic (exact) mass is 614 g/mol. The Hall–Kier alpha value is -5.84. The molecule has 11 nitrogen and oxygen atoms in total. The number of aromatic nitrogens is 2. The van der Waals surface area contributed by atoms with Crippen molar-refractivity contribution in [2.45, 2.75) is 45.1 Å². The molecule has 11 heteroatoms. The minimum absolute atomic E-state index is 0.124. The Kier molecular flexibility index (Phi) is 7.49. The number of benzene rings is 3. The summed E-state index contributed by atoms with van der Waals surface area (Å²) in [5, 5.41) is 10.3. The fourth-order valence-electron chi connectivity index (χ4n) is 6.21. The molecule has 0 spiro atoms. The summed E-state index contributed by atoms with van der Waals surface area (Å²) < 4.78 is 1.93. The van der Waals surface area contributed by atoms with Crippen LogP contribution < -0.4 is 16.0 Å². The molecule has 0 aliphatic carbocycles. The lowest BCUT2D eigenvalue weighted by atomic mass is 10.0. The van der Waals surface area contributed by atoms with Crippen LogP contribution in [0.15, 0.2) is 85.1 Å². The Labute approximate surface area is 263 Å². The van der Waals surface area contributed by atoms with Gasteiger partial charge in [-0.3, -0.25) is 29.3 Å². The van der Waals surface area contributed by atoms with Crippen LogP contribution in [0.2, 0.25) is 0 Å². The third-order valence-electron chi connectivity index (χ3n) is 8.58. The molecule has 0 unspecified atom stereocenters. The van der Waals surface area contributed by atoms with E-state index in [2.05, 4.69) is 20.9 Å². The van der Waals surface area contributed by atoms with Crippen LogP contribution in [-0.4, -0.2) is 50.0 Å². The first-order valence-electron chi connectivity index (χ1n) is 15.1. The molecule has 1 atom stereocenters. The molecule has 2 aromatic heterocycles. The molecule has 0 saturated carbocycles. The van der Waals surface area contributed by atoms with Crippen LogP contribution in [0.1, 0.15) is 50.2 Å². The number of pyridine rings is 1. The number of piperidine rings is 1. The summed E-state index contributed by atoms with van der Waals surface area (Å²) in [7, 11) is 0. The smallest absolute Gasteiger partial charge is 0.255 e. The minimum Gasteiger partial charge on any atom is -0.350 e. The Morgan fingerprint density at radius 3 is 2.39 bits per heavy atom. The fourth-order valence-corrected chi connectivity index (χ4v) is 6.21. The van der Waals surface area contributed by atoms with Gasteiger partial charge in [0.2, 0.25) is 17.7 Å². The van der Waals surface area contributed by atoms with Crippen LogP contribution in [0.5, 0.6) is 0 Å². The number of hydrogen-bond acceptors (Lipinski definition) is 6. The summed E-state index contributed by atoms with van der Waals surface area (Å²) >= 11 is 0. The summed E-state index contributed by atoms with van der Waals surface area (Å²) in [4.78, 5) is 68.5. The fraction of sp³-hybridized carbons (Fsp3) is 0.200. The van der Waals surface area contributed by atoms with E-state index in [-0.39, 0.29) is 49.6 Å². The van der Waals surface area contributed by atoms with E-state index in [0.717, 1.165) is 33.1 Å². The van der Waals surface area contributed by atoms with Gasteiger partial charge in [-0.25, -0.2) is 4.98 Å². The lowest BCUT2D eigenvalue weighted by molar-refractivity contribution is -0.137. The predicted octanol–water partition coefficient (Wildman–Crippen LogP) is 3.20. The Morgan fingerprint density at radius 1 is 0.870 bits per heavy atom. The van der Waals surface area contributed by atoms with Crippen molar-refractivity contribution in [3.63, 3.8) is 0 Å². The van der Waals surface area contributed by atoms with Crippen molar-refractivity contribution in [1.82, 2.24) is 30.4 Å². The van der Waals surface area contributed by atoms with E-state index in [1.807, 2.05) is 65.2 Å². The van der Waals surface area contributed by atoms with Gasteiger partial charge in [-0.05, 0) is 59.5 Å². The molecule has 2 aliphatic heterocycles. The van der Waals surface area contributed by atoms with Gasteiger partial charge in [0.05, 0.1) is 5.52 Å². The maximum atomic E-state index is 12.9. The van der Waals surface area contributed by atoms with Gasteiger partial charge in [0.1, 0.15) is 18.2 Å². The van der Waals surface area contributed by atoms with Crippen LogP contribution >= 0.6 is 0 Å². The zero-order valence-electron chi connectivity index (χ0n) is 24.8. The van der Waals surface area contributed by atoms with E-state index < -0.39 is 11.9 Å². The highest BCUT2D eigenvalue weighted by molar-refractivity contribution is 6.07. The highest BCUT2D eigenvalue weighted by Crippen LogP contribution is 2.29. The first-order valence-corrected chi connectivity index (χ1v) is 15.1. The highest BCUT2D eigenvalue weighted by Gasteiger charge is 2.39. The van der Waals surface area contributed by atoms with E-state index in [1.165, 1.54) is 4.90 Å². The molecule has 7 rings (SSSR count). The average molecular weight is 615 g/mol. The van der Waals surface area contributed by atoms with Gasteiger partial charge in [-0.2, -0.15) is 0 Å². The number of carbonyl (C=O) groups is 5. The summed E-state index contributed by atoms with van der Waals surface area (Å²) in [6, 6.07) is 23.7. The maximum absolute atomic E-state index is 12.9. The number of imide groups is 1. The molecule has 230 valence electrons. The lowest BCUT2D eigenvalue weighted by Crippen LogP contribution is -2.52. The van der Waals surface area contributed by atoms with Gasteiger partial charge in [0.15, 0.2) is 0 Å². The van der Waals surface area contributed by atoms with Gasteiger partial charge in [-0.1, -0.05) is 42.5 Å². The quantitative estimate of drug-likeness (QED) is 0.229. The van der Waals surface area contributed by atoms with Gasteiger partial charge in [-0.15, -0.1) is 0 Å². The number of fused-ring (bicyclic) bond motifs is 4. The van der Waals surface area contributed by atoms with E-state index >= 15 is 0 Å². The van der Waals surface area contributed by atoms with Crippen LogP contribution in [0.3, 0.4) is 0 Å². The van der Waals surface area contributed by atoms with Crippen molar-refractivity contribution < 1.29 is 24.0 Å². The first-order chi connectivity index (χ1) is 22.4. The SMILES string of the molecule is O=C(Cn1c2ccccc2c2cccnc21)NCc1ccc(CNC(=O)c2ccc3c(c2)CN([C@@H]2CCC(=O)NC2=O)C3=O)cc1. The van der Waals surface area contributed by atoms with Crippen molar-refractivity contribution in [2.24, 2.45) is 0 Å². The third kappa shape index (κ3) is 5.47. The second-order valence-corrected chi connectivity index (χ2v) is 11.5. The molecular formula is C35H30N6O5. The molecule has 3 aromatic carbocycles. The Bertz CT molecular complexity index is 2000. The number of amides is 5. The van der Waals surface area contributed by atoms with Gasteiger partial charge in [0, 0.05) is 54.2 Å². The summed E-state index contributed by atoms with van der Waals surface area (Å²) in [6.45, 7) is 1.01. The second-order valence-electron chi connectivity index (χ2n) is 11.5. The summed E-state index contributed by atoms with van der Waals surface area (Å²) in [6.07, 6.45) is 2.19. The van der Waals surface area contributed by atoms with Gasteiger partial charge >= 0.3 is 0 Å². The molecule has 2 aliphatic rings. The number of nitrogens with one attached hydrogen (secondary N) is 3. The third-order valence-corrected chi connectivity index (χ3v) is 8.58. The number of para-hydroxylation sites is 1. The standard InChI is InChI=1S/C35H30N6O5/c42-30-14-13-29(34(45)39-30)41-19-24-16-23(11-12-25(24)35(41)46)33(44)38-18-22-9-7-21(8-10-22)17-37-31(43)20-40-28-6-2-1-4-26(28)27-5-3-15-36-32(27)40/h1-12,15-16,29H,13-14,17-20H2,(H,37,43)(H,38,44)(H,39,42,45)/t29-/m1/s1. The summed E-state index contributed by atoms with van der Waals surface area (Å²) in [5.41, 5.74) is 5.08. The topological polar surface area (TPSA) is 142 Å². The van der Waals surface area contributed by atoms with Crippen molar-refractivity contribution in [3.05, 3.63) is 113 Å². The van der Waals surface area contributed by atoms with E-state index in [1.54, 1.807) is 24.4 Å². The van der Waals surface area contributed by atoms with Crippen LogP contribution in [0, 0.1) is 0 Å². The molecule has 1 saturated heterocycles. The molecule has 5 aromatic rings. The molecular weight excluding hydrogens is 584 g/mol. The summed E-state index contributed by atoms with van der Waals surface area (Å²) in [5.74, 6) is -1.50. The number of nitrogens with zero attached hydrogens (tertiary/aromatic N) is 3. The second kappa shape index (κ2) is 11.9. The largest absolute Gasteiger partial charge is 0.350 e. The molecule has 5 amide bonds. The van der Waals surface area contributed by atoms with Crippen molar-refractivity contribution in [2.75, 3.05) is 0 Å². The molecule has 0 bridgehead atoms. The number of hydrogen-bond donors (Lipinski definition) is 3. The molecule has 4 heterocycles. The van der Waals surface area contributed by atoms with Crippen LogP contribution in [0.25, 0.3) is 21.9 Å². The number of rotatable bonds is 8. The average Bonchev–Trinajstić information content (AvgIpc) is 3.57. The van der Waals surface area contributed by atoms with E-state index in [0.29, 0.717) is 29.8 Å². The normalized spacial score (nSPS) is 16.0. The zero-order valence-corrected chi connectivity index (χ0v) is 24.8. The molecule has 0 radical (unpaired) electrons. The van der Waals surface area contributed by atoms with Crippen LogP contribution in [0.4, 0.5) is 0 Å². The van der Waals surface area contributed by atoms with Crippen molar-refractivity contribution in [3.8, 4) is 0 Å². The molecule has 3 N–H and O–H groups in total. The number of carbonyl (C=O) groups excluding carboxylic acids is 5. The minimum atomic E-state index is -0.705. The van der Waals surface area contributed by atoms with E-state index in [9.17, 15) is 24.0 Å². The van der Waals surface area contributed by atoms with Crippen LogP contribution in [-0.2, 0) is 40.6 Å². The van der Waals surface area contributed by atoms with Crippen molar-refractivity contribution >= 4 is 51.5 Å². The lowest BCUT2D eigenvalue weighted by Gasteiger charge is -2.29. The Morgan fingerprint density at radius 2 is 1.61 bits per heavy atom. The molecule has 46 heavy (non-hydrogen) atoms. The first kappa shape index (κ1) is 28.9. The predicted molar refractivity (Wildman–Crippen MR) is 169 cm³/mol. The van der Waals surface area contributed by atoms with Crippen molar-refractivity contribution in [1.29, 1.82) is 0 Å². The Balaban J connectivity index is 0.927. The van der Waals surface area contributed by atoms with Gasteiger partial charge in [0.25, 0.3) is 11.8 Å². The van der Waals surface area contributed by atoms with E-state index in [4.69, 9.17) is 0 Å². The molecule has 1 fully saturated rings. The highest BCUT2D eigenvalue weighted by atomic mass is 16.2. The maximum Gasteiger partial charge on any atom is 0.255 e. The zero-order chi connectivity index (χ0) is 31.8.